The minimum absolute atomic E-state index is 0.469. The Kier molecular flexibility index (Phi) is 3.91. The molecule has 0 aliphatic rings. The zero-order valence-electron chi connectivity index (χ0n) is 12.5. The minimum atomic E-state index is 0.469. The Labute approximate surface area is 146 Å². The molecule has 0 amide bonds. The lowest BCUT2D eigenvalue weighted by Crippen LogP contribution is -1.93. The lowest BCUT2D eigenvalue weighted by Gasteiger charge is -1.99. The van der Waals surface area contributed by atoms with Crippen molar-refractivity contribution in [3.05, 3.63) is 47.7 Å². The fourth-order valence-corrected chi connectivity index (χ4v) is 3.13. The van der Waals surface area contributed by atoms with Gasteiger partial charge in [0.15, 0.2) is 5.65 Å². The van der Waals surface area contributed by atoms with Gasteiger partial charge in [-0.15, -0.1) is 10.2 Å². The van der Waals surface area contributed by atoms with Crippen LogP contribution in [0.25, 0.3) is 22.5 Å². The van der Waals surface area contributed by atoms with Crippen LogP contribution in [0.5, 0.6) is 0 Å². The number of aromatic nitrogens is 6. The highest BCUT2D eigenvalue weighted by molar-refractivity contribution is 7.98. The summed E-state index contributed by atoms with van der Waals surface area (Å²) in [5.74, 6) is 1.51. The first kappa shape index (κ1) is 15.1. The van der Waals surface area contributed by atoms with Crippen molar-refractivity contribution in [1.29, 1.82) is 0 Å². The van der Waals surface area contributed by atoms with Crippen molar-refractivity contribution < 1.29 is 4.42 Å². The van der Waals surface area contributed by atoms with Crippen LogP contribution in [0.3, 0.4) is 0 Å². The molecule has 3 heterocycles. The first-order valence-corrected chi connectivity index (χ1v) is 8.41. The maximum Gasteiger partial charge on any atom is 0.247 e. The van der Waals surface area contributed by atoms with Crippen LogP contribution in [0.2, 0.25) is 5.02 Å². The largest absolute Gasteiger partial charge is 0.420 e. The molecule has 0 bridgehead atoms. The molecule has 0 saturated carbocycles. The molecule has 0 unspecified atom stereocenters. The summed E-state index contributed by atoms with van der Waals surface area (Å²) in [6, 6.07) is 7.26. The van der Waals surface area contributed by atoms with Crippen LogP contribution in [-0.4, -0.2) is 29.9 Å². The number of aryl methyl sites for hydroxylation is 1. The van der Waals surface area contributed by atoms with Gasteiger partial charge in [0.1, 0.15) is 11.4 Å². The van der Waals surface area contributed by atoms with E-state index in [0.29, 0.717) is 22.6 Å². The van der Waals surface area contributed by atoms with Crippen LogP contribution in [-0.2, 0) is 12.8 Å². The van der Waals surface area contributed by atoms with E-state index in [1.165, 1.54) is 18.1 Å². The fourth-order valence-electron chi connectivity index (χ4n) is 2.21. The predicted octanol–water partition coefficient (Wildman–Crippen LogP) is 3.36. The second-order valence-corrected chi connectivity index (χ2v) is 6.38. The third-order valence-corrected chi connectivity index (χ3v) is 4.63. The molecular formula is C15H11ClN6OS. The van der Waals surface area contributed by atoms with Gasteiger partial charge >= 0.3 is 0 Å². The molecule has 0 spiro atoms. The van der Waals surface area contributed by atoms with E-state index in [2.05, 4.69) is 25.3 Å². The molecule has 4 rings (SSSR count). The van der Waals surface area contributed by atoms with E-state index in [0.717, 1.165) is 21.6 Å². The summed E-state index contributed by atoms with van der Waals surface area (Å²) in [6.07, 6.45) is 3.28. The molecule has 0 aliphatic carbocycles. The summed E-state index contributed by atoms with van der Waals surface area (Å²) in [6.45, 7) is 0. The predicted molar refractivity (Wildman–Crippen MR) is 90.6 cm³/mol. The Hall–Kier alpha value is -2.45. The molecule has 0 N–H and O–H groups in total. The number of halogens is 1. The van der Waals surface area contributed by atoms with E-state index in [-0.39, 0.29) is 0 Å². The van der Waals surface area contributed by atoms with E-state index >= 15 is 0 Å². The molecule has 0 radical (unpaired) electrons. The van der Waals surface area contributed by atoms with Crippen LogP contribution >= 0.6 is 23.4 Å². The van der Waals surface area contributed by atoms with Crippen LogP contribution < -0.4 is 0 Å². The maximum atomic E-state index is 5.88. The van der Waals surface area contributed by atoms with E-state index < -0.39 is 0 Å². The Morgan fingerprint density at radius 2 is 2.00 bits per heavy atom. The third-order valence-electron chi connectivity index (χ3n) is 3.38. The molecule has 120 valence electrons. The van der Waals surface area contributed by atoms with Gasteiger partial charge in [-0.25, -0.2) is 9.97 Å². The normalized spacial score (nSPS) is 11.2. The van der Waals surface area contributed by atoms with Gasteiger partial charge in [-0.3, -0.25) is 4.68 Å². The topological polar surface area (TPSA) is 82.5 Å². The summed E-state index contributed by atoms with van der Waals surface area (Å²) in [5, 5.41) is 14.8. The van der Waals surface area contributed by atoms with Crippen LogP contribution in [0.1, 0.15) is 5.89 Å². The molecule has 0 aliphatic heterocycles. The average molecular weight is 359 g/mol. The second-order valence-electron chi connectivity index (χ2n) is 4.98. The summed E-state index contributed by atoms with van der Waals surface area (Å²) in [7, 11) is 1.85. The Balaban J connectivity index is 1.53. The number of benzene rings is 1. The Morgan fingerprint density at radius 3 is 2.83 bits per heavy atom. The van der Waals surface area contributed by atoms with E-state index in [9.17, 15) is 0 Å². The Bertz CT molecular complexity index is 997. The van der Waals surface area contributed by atoms with Crippen molar-refractivity contribution >= 4 is 34.4 Å². The number of rotatable bonds is 4. The molecule has 1 aromatic carbocycles. The zero-order valence-corrected chi connectivity index (χ0v) is 14.1. The SMILES string of the molecule is Cn1ncc2c(SCc3nnc(-c4ccc(Cl)cc4)o3)ncnc21. The average Bonchev–Trinajstić information content (AvgIpc) is 3.21. The summed E-state index contributed by atoms with van der Waals surface area (Å²) in [5.41, 5.74) is 1.62. The van der Waals surface area contributed by atoms with Crippen molar-refractivity contribution in [2.45, 2.75) is 10.8 Å². The standard InChI is InChI=1S/C15H11ClN6OS/c1-22-13-11(6-19-22)15(18-8-17-13)24-7-12-20-21-14(23-12)9-2-4-10(16)5-3-9/h2-6,8H,7H2,1H3. The molecule has 4 aromatic rings. The summed E-state index contributed by atoms with van der Waals surface area (Å²) >= 11 is 7.39. The van der Waals surface area contributed by atoms with Crippen LogP contribution in [0, 0.1) is 0 Å². The molecule has 7 nitrogen and oxygen atoms in total. The van der Waals surface area contributed by atoms with Gasteiger partial charge in [-0.05, 0) is 24.3 Å². The summed E-state index contributed by atoms with van der Waals surface area (Å²) < 4.78 is 7.41. The highest BCUT2D eigenvalue weighted by Gasteiger charge is 2.12. The van der Waals surface area contributed by atoms with Crippen molar-refractivity contribution in [3.8, 4) is 11.5 Å². The highest BCUT2D eigenvalue weighted by Crippen LogP contribution is 2.28. The van der Waals surface area contributed by atoms with Crippen molar-refractivity contribution in [1.82, 2.24) is 29.9 Å². The number of thioether (sulfide) groups is 1. The zero-order chi connectivity index (χ0) is 16.5. The molecule has 3 aromatic heterocycles. The Morgan fingerprint density at radius 1 is 1.17 bits per heavy atom. The maximum absolute atomic E-state index is 5.88. The quantitative estimate of drug-likeness (QED) is 0.408. The van der Waals surface area contributed by atoms with Gasteiger partial charge in [0.25, 0.3) is 0 Å². The van der Waals surface area contributed by atoms with E-state index in [4.69, 9.17) is 16.0 Å². The third kappa shape index (κ3) is 2.85. The van der Waals surface area contributed by atoms with Crippen LogP contribution in [0.4, 0.5) is 0 Å². The number of hydrogen-bond acceptors (Lipinski definition) is 7. The highest BCUT2D eigenvalue weighted by atomic mass is 35.5. The lowest BCUT2D eigenvalue weighted by molar-refractivity contribution is 0.528. The van der Waals surface area contributed by atoms with Crippen molar-refractivity contribution in [2.24, 2.45) is 7.05 Å². The monoisotopic (exact) mass is 358 g/mol. The molecule has 9 heteroatoms. The van der Waals surface area contributed by atoms with Crippen LogP contribution in [0.15, 0.2) is 46.2 Å². The van der Waals surface area contributed by atoms with Gasteiger partial charge in [-0.2, -0.15) is 5.10 Å². The van der Waals surface area contributed by atoms with E-state index in [1.54, 1.807) is 23.0 Å². The molecule has 0 atom stereocenters. The molecule has 24 heavy (non-hydrogen) atoms. The number of nitrogens with zero attached hydrogens (tertiary/aromatic N) is 6. The van der Waals surface area contributed by atoms with Gasteiger partial charge in [0.05, 0.1) is 17.3 Å². The van der Waals surface area contributed by atoms with Gasteiger partial charge < -0.3 is 4.42 Å². The molecule has 0 saturated heterocycles. The smallest absolute Gasteiger partial charge is 0.247 e. The van der Waals surface area contributed by atoms with Gasteiger partial charge in [0, 0.05) is 17.6 Å². The lowest BCUT2D eigenvalue weighted by atomic mass is 10.2. The fraction of sp³-hybridized carbons (Fsp3) is 0.133. The first-order chi connectivity index (χ1) is 11.7. The van der Waals surface area contributed by atoms with E-state index in [1.807, 2.05) is 19.2 Å². The molecule has 0 fully saturated rings. The van der Waals surface area contributed by atoms with Crippen molar-refractivity contribution in [3.63, 3.8) is 0 Å². The summed E-state index contributed by atoms with van der Waals surface area (Å²) in [4.78, 5) is 8.53. The van der Waals surface area contributed by atoms with Gasteiger partial charge in [-0.1, -0.05) is 23.4 Å². The van der Waals surface area contributed by atoms with Crippen molar-refractivity contribution in [2.75, 3.05) is 0 Å². The number of hydrogen-bond donors (Lipinski definition) is 0. The number of fused-ring (bicyclic) bond motifs is 1. The first-order valence-electron chi connectivity index (χ1n) is 7.04. The second kappa shape index (κ2) is 6.21. The molecular weight excluding hydrogens is 348 g/mol. The minimum Gasteiger partial charge on any atom is -0.420 e. The van der Waals surface area contributed by atoms with Gasteiger partial charge in [0.2, 0.25) is 11.8 Å².